The van der Waals surface area contributed by atoms with Crippen molar-refractivity contribution >= 4 is 23.2 Å². The Labute approximate surface area is 109 Å². The van der Waals surface area contributed by atoms with Crippen LogP contribution in [0.4, 0.5) is 0 Å². The molecule has 1 aromatic carbocycles. The first-order valence-electron chi connectivity index (χ1n) is 5.30. The van der Waals surface area contributed by atoms with Crippen LogP contribution >= 0.6 is 23.2 Å². The standard InChI is InChI=1S/C12H12Cl2N2O/c1-3-9-7(2)15-16(12(9)17)11-5-4-8(13)6-10(11)14/h4-6,15H,3H2,1-2H3. The minimum atomic E-state index is -0.0609. The van der Waals surface area contributed by atoms with Crippen molar-refractivity contribution in [3.63, 3.8) is 0 Å². The first-order chi connectivity index (χ1) is 8.04. The van der Waals surface area contributed by atoms with Crippen molar-refractivity contribution in [2.75, 3.05) is 0 Å². The van der Waals surface area contributed by atoms with E-state index in [1.807, 2.05) is 13.8 Å². The van der Waals surface area contributed by atoms with E-state index in [9.17, 15) is 4.79 Å². The van der Waals surface area contributed by atoms with Crippen LogP contribution < -0.4 is 5.56 Å². The number of rotatable bonds is 2. The number of hydrogen-bond acceptors (Lipinski definition) is 1. The number of nitrogens with one attached hydrogen (secondary N) is 1. The summed E-state index contributed by atoms with van der Waals surface area (Å²) in [5, 5.41) is 4.01. The summed E-state index contributed by atoms with van der Waals surface area (Å²) in [6.45, 7) is 3.83. The number of hydrogen-bond donors (Lipinski definition) is 1. The van der Waals surface area contributed by atoms with Crippen LogP contribution in [0.3, 0.4) is 0 Å². The molecule has 0 atom stereocenters. The Bertz CT molecular complexity index is 613. The van der Waals surface area contributed by atoms with Crippen LogP contribution in [0.1, 0.15) is 18.2 Å². The number of aromatic nitrogens is 2. The summed E-state index contributed by atoms with van der Waals surface area (Å²) in [5.74, 6) is 0. The van der Waals surface area contributed by atoms with Crippen LogP contribution in [0.25, 0.3) is 5.69 Å². The fourth-order valence-electron chi connectivity index (χ4n) is 1.83. The van der Waals surface area contributed by atoms with Crippen molar-refractivity contribution in [3.8, 4) is 5.69 Å². The van der Waals surface area contributed by atoms with Crippen LogP contribution in [0.2, 0.25) is 10.0 Å². The van der Waals surface area contributed by atoms with Crippen molar-refractivity contribution in [1.82, 2.24) is 9.78 Å². The predicted octanol–water partition coefficient (Wildman–Crippen LogP) is 3.34. The van der Waals surface area contributed by atoms with Crippen molar-refractivity contribution < 1.29 is 0 Å². The summed E-state index contributed by atoms with van der Waals surface area (Å²) in [5.41, 5.74) is 2.19. The van der Waals surface area contributed by atoms with Crippen LogP contribution in [-0.2, 0) is 6.42 Å². The highest BCUT2D eigenvalue weighted by Gasteiger charge is 2.12. The molecule has 0 saturated heterocycles. The zero-order valence-corrected chi connectivity index (χ0v) is 11.1. The number of H-pyrrole nitrogens is 1. The second-order valence-corrected chi connectivity index (χ2v) is 4.65. The lowest BCUT2D eigenvalue weighted by Crippen LogP contribution is -2.17. The summed E-state index contributed by atoms with van der Waals surface area (Å²) >= 11 is 11.9. The molecule has 1 aromatic heterocycles. The third-order valence-corrected chi connectivity index (χ3v) is 3.24. The van der Waals surface area contributed by atoms with Gasteiger partial charge in [0.2, 0.25) is 0 Å². The molecule has 2 aromatic rings. The molecule has 90 valence electrons. The largest absolute Gasteiger partial charge is 0.295 e. The van der Waals surface area contributed by atoms with Gasteiger partial charge in [-0.3, -0.25) is 9.89 Å². The fraction of sp³-hybridized carbons (Fsp3) is 0.250. The molecule has 0 saturated carbocycles. The van der Waals surface area contributed by atoms with Gasteiger partial charge in [0.1, 0.15) is 0 Å². The molecule has 17 heavy (non-hydrogen) atoms. The molecule has 0 spiro atoms. The maximum atomic E-state index is 12.1. The van der Waals surface area contributed by atoms with E-state index in [2.05, 4.69) is 5.10 Å². The Morgan fingerprint density at radius 1 is 1.35 bits per heavy atom. The predicted molar refractivity (Wildman–Crippen MR) is 70.5 cm³/mol. The van der Waals surface area contributed by atoms with E-state index in [1.54, 1.807) is 18.2 Å². The zero-order valence-electron chi connectivity index (χ0n) is 9.55. The van der Waals surface area contributed by atoms with Gasteiger partial charge in [-0.15, -0.1) is 0 Å². The number of halogens is 2. The highest BCUT2D eigenvalue weighted by atomic mass is 35.5. The van der Waals surface area contributed by atoms with Crippen LogP contribution in [0.5, 0.6) is 0 Å². The Morgan fingerprint density at radius 3 is 2.59 bits per heavy atom. The Hall–Kier alpha value is -1.19. The second-order valence-electron chi connectivity index (χ2n) is 3.81. The van der Waals surface area contributed by atoms with Crippen molar-refractivity contribution in [3.05, 3.63) is 49.9 Å². The summed E-state index contributed by atoms with van der Waals surface area (Å²) in [6.07, 6.45) is 0.694. The van der Waals surface area contributed by atoms with E-state index < -0.39 is 0 Å². The number of nitrogens with zero attached hydrogens (tertiary/aromatic N) is 1. The molecule has 1 N–H and O–H groups in total. The Balaban J connectivity index is 2.65. The third-order valence-electron chi connectivity index (χ3n) is 2.70. The highest BCUT2D eigenvalue weighted by molar-refractivity contribution is 6.35. The Kier molecular flexibility index (Phi) is 3.31. The normalized spacial score (nSPS) is 10.8. The average Bonchev–Trinajstić information content (AvgIpc) is 2.54. The summed E-state index contributed by atoms with van der Waals surface area (Å²) in [4.78, 5) is 12.1. The number of aromatic amines is 1. The molecular formula is C12H12Cl2N2O. The number of benzene rings is 1. The first kappa shape index (κ1) is 12.3. The van der Waals surface area contributed by atoms with Gasteiger partial charge in [0.15, 0.2) is 0 Å². The molecule has 3 nitrogen and oxygen atoms in total. The second kappa shape index (κ2) is 4.59. The van der Waals surface area contributed by atoms with Gasteiger partial charge < -0.3 is 0 Å². The summed E-state index contributed by atoms with van der Waals surface area (Å²) in [6, 6.07) is 5.05. The van der Waals surface area contributed by atoms with Gasteiger partial charge in [-0.2, -0.15) is 0 Å². The maximum Gasteiger partial charge on any atom is 0.274 e. The van der Waals surface area contributed by atoms with Gasteiger partial charge in [-0.25, -0.2) is 4.68 Å². The molecule has 2 rings (SSSR count). The third kappa shape index (κ3) is 2.13. The van der Waals surface area contributed by atoms with Gasteiger partial charge in [0.25, 0.3) is 5.56 Å². The van der Waals surface area contributed by atoms with Gasteiger partial charge in [0, 0.05) is 16.3 Å². The molecule has 0 aliphatic carbocycles. The minimum absolute atomic E-state index is 0.0609. The minimum Gasteiger partial charge on any atom is -0.295 e. The van der Waals surface area contributed by atoms with E-state index in [-0.39, 0.29) is 5.56 Å². The van der Waals surface area contributed by atoms with Crippen molar-refractivity contribution in [2.45, 2.75) is 20.3 Å². The molecule has 0 amide bonds. The molecule has 0 fully saturated rings. The van der Waals surface area contributed by atoms with E-state index >= 15 is 0 Å². The topological polar surface area (TPSA) is 37.8 Å². The van der Waals surface area contributed by atoms with E-state index in [0.717, 1.165) is 11.3 Å². The van der Waals surface area contributed by atoms with Crippen molar-refractivity contribution in [2.24, 2.45) is 0 Å². The maximum absolute atomic E-state index is 12.1. The van der Waals surface area contributed by atoms with E-state index in [4.69, 9.17) is 23.2 Å². The molecule has 0 aliphatic heterocycles. The van der Waals surface area contributed by atoms with Gasteiger partial charge in [-0.05, 0) is 31.5 Å². The SMILES string of the molecule is CCc1c(C)[nH]n(-c2ccc(Cl)cc2Cl)c1=O. The molecule has 0 unspecified atom stereocenters. The lowest BCUT2D eigenvalue weighted by atomic mass is 10.2. The van der Waals surface area contributed by atoms with Crippen LogP contribution in [0, 0.1) is 6.92 Å². The highest BCUT2D eigenvalue weighted by Crippen LogP contribution is 2.23. The quantitative estimate of drug-likeness (QED) is 0.893. The molecule has 0 bridgehead atoms. The molecule has 0 aliphatic rings. The van der Waals surface area contributed by atoms with Gasteiger partial charge >= 0.3 is 0 Å². The van der Waals surface area contributed by atoms with Crippen LogP contribution in [-0.4, -0.2) is 9.78 Å². The van der Waals surface area contributed by atoms with E-state index in [0.29, 0.717) is 22.2 Å². The lowest BCUT2D eigenvalue weighted by Gasteiger charge is -2.04. The summed E-state index contributed by atoms with van der Waals surface area (Å²) < 4.78 is 1.45. The molecule has 1 heterocycles. The first-order valence-corrected chi connectivity index (χ1v) is 6.06. The fourth-order valence-corrected chi connectivity index (χ4v) is 2.32. The zero-order chi connectivity index (χ0) is 12.6. The monoisotopic (exact) mass is 270 g/mol. The van der Waals surface area contributed by atoms with Gasteiger partial charge in [0.05, 0.1) is 10.7 Å². The molecule has 0 radical (unpaired) electrons. The average molecular weight is 271 g/mol. The molecule has 5 heteroatoms. The molecular weight excluding hydrogens is 259 g/mol. The van der Waals surface area contributed by atoms with Gasteiger partial charge in [-0.1, -0.05) is 30.1 Å². The lowest BCUT2D eigenvalue weighted by molar-refractivity contribution is 0.834. The van der Waals surface area contributed by atoms with Crippen LogP contribution in [0.15, 0.2) is 23.0 Å². The number of aryl methyl sites for hydroxylation is 1. The summed E-state index contributed by atoms with van der Waals surface area (Å²) in [7, 11) is 0. The Morgan fingerprint density at radius 2 is 2.06 bits per heavy atom. The van der Waals surface area contributed by atoms with E-state index in [1.165, 1.54) is 4.68 Å². The smallest absolute Gasteiger partial charge is 0.274 e. The van der Waals surface area contributed by atoms with Crippen molar-refractivity contribution in [1.29, 1.82) is 0 Å².